The summed E-state index contributed by atoms with van der Waals surface area (Å²) < 4.78 is 1.58. The molecule has 0 saturated carbocycles. The second kappa shape index (κ2) is 6.41. The van der Waals surface area contributed by atoms with Crippen LogP contribution in [0.3, 0.4) is 0 Å². The van der Waals surface area contributed by atoms with Crippen LogP contribution >= 0.6 is 11.8 Å². The molecule has 2 heterocycles. The molecule has 0 fully saturated rings. The highest BCUT2D eigenvalue weighted by Gasteiger charge is 2.29. The molecule has 1 aromatic rings. The molecule has 0 bridgehead atoms. The fourth-order valence-corrected chi connectivity index (χ4v) is 3.29. The Morgan fingerprint density at radius 3 is 3.05 bits per heavy atom. The maximum absolute atomic E-state index is 12.4. The number of fused-ring (bicyclic) bond motifs is 1. The Labute approximate surface area is 121 Å². The minimum Gasteiger partial charge on any atom is -0.395 e. The molecule has 0 radical (unpaired) electrons. The molecule has 20 heavy (non-hydrogen) atoms. The van der Waals surface area contributed by atoms with Gasteiger partial charge in [-0.05, 0) is 13.8 Å². The summed E-state index contributed by atoms with van der Waals surface area (Å²) in [5.74, 6) is 0.379. The fourth-order valence-electron chi connectivity index (χ4n) is 2.25. The van der Waals surface area contributed by atoms with Crippen molar-refractivity contribution in [1.82, 2.24) is 14.5 Å². The van der Waals surface area contributed by atoms with Crippen molar-refractivity contribution in [3.8, 4) is 0 Å². The third-order valence-corrected chi connectivity index (χ3v) is 4.56. The minimum absolute atomic E-state index is 0.00638. The number of carbonyl (C=O) groups excluding carboxylic acids is 1. The van der Waals surface area contributed by atoms with Gasteiger partial charge in [0.1, 0.15) is 0 Å². The lowest BCUT2D eigenvalue weighted by Crippen LogP contribution is -2.43. The van der Waals surface area contributed by atoms with Gasteiger partial charge in [-0.25, -0.2) is 4.98 Å². The number of amides is 1. The van der Waals surface area contributed by atoms with E-state index in [1.54, 1.807) is 22.6 Å². The molecule has 0 saturated heterocycles. The standard InChI is InChI=1S/C13H19N3O3S/c1-3-15(4-5-17)12(19)10-7-16-11(18)9(2)6-14-13(16)20-8-10/h6,10,17H,3-5,7-8H2,1-2H3. The van der Waals surface area contributed by atoms with Gasteiger partial charge in [0.15, 0.2) is 5.16 Å². The zero-order chi connectivity index (χ0) is 14.7. The van der Waals surface area contributed by atoms with Gasteiger partial charge in [-0.2, -0.15) is 0 Å². The molecular weight excluding hydrogens is 278 g/mol. The maximum Gasteiger partial charge on any atom is 0.257 e. The molecule has 1 aliphatic heterocycles. The minimum atomic E-state index is -0.236. The van der Waals surface area contributed by atoms with Crippen molar-refractivity contribution in [2.45, 2.75) is 25.5 Å². The SMILES string of the molecule is CCN(CCO)C(=O)C1CSc2ncc(C)c(=O)n2C1. The zero-order valence-electron chi connectivity index (χ0n) is 11.7. The van der Waals surface area contributed by atoms with Gasteiger partial charge in [-0.3, -0.25) is 14.2 Å². The summed E-state index contributed by atoms with van der Waals surface area (Å²) in [4.78, 5) is 30.3. The van der Waals surface area contributed by atoms with E-state index in [0.29, 0.717) is 36.1 Å². The Bertz CT molecular complexity index is 558. The Kier molecular flexibility index (Phi) is 4.82. The summed E-state index contributed by atoms with van der Waals surface area (Å²) in [6.45, 7) is 4.84. The van der Waals surface area contributed by atoms with Crippen LogP contribution in [0.5, 0.6) is 0 Å². The van der Waals surface area contributed by atoms with Crippen LogP contribution in [0.25, 0.3) is 0 Å². The molecule has 7 heteroatoms. The summed E-state index contributed by atoms with van der Waals surface area (Å²) in [7, 11) is 0. The van der Waals surface area contributed by atoms with Crippen molar-refractivity contribution >= 4 is 17.7 Å². The topological polar surface area (TPSA) is 75.4 Å². The molecule has 0 spiro atoms. The number of aliphatic hydroxyl groups is 1. The van der Waals surface area contributed by atoms with E-state index in [4.69, 9.17) is 5.11 Å². The van der Waals surface area contributed by atoms with E-state index < -0.39 is 0 Å². The Balaban J connectivity index is 2.20. The number of nitrogens with zero attached hydrogens (tertiary/aromatic N) is 3. The van der Waals surface area contributed by atoms with E-state index in [0.717, 1.165) is 0 Å². The van der Waals surface area contributed by atoms with Crippen molar-refractivity contribution in [2.75, 3.05) is 25.4 Å². The second-order valence-corrected chi connectivity index (χ2v) is 5.78. The highest BCUT2D eigenvalue weighted by Crippen LogP contribution is 2.26. The van der Waals surface area contributed by atoms with E-state index in [9.17, 15) is 9.59 Å². The van der Waals surface area contributed by atoms with Crippen LogP contribution in [-0.4, -0.2) is 50.9 Å². The van der Waals surface area contributed by atoms with Gasteiger partial charge in [-0.1, -0.05) is 11.8 Å². The van der Waals surface area contributed by atoms with Crippen molar-refractivity contribution in [3.63, 3.8) is 0 Å². The number of rotatable bonds is 4. The van der Waals surface area contributed by atoms with Gasteiger partial charge in [0, 0.05) is 37.1 Å². The third kappa shape index (κ3) is 2.88. The van der Waals surface area contributed by atoms with E-state index in [-0.39, 0.29) is 24.0 Å². The number of hydrogen-bond donors (Lipinski definition) is 1. The lowest BCUT2D eigenvalue weighted by atomic mass is 10.1. The first kappa shape index (κ1) is 15.1. The molecule has 6 nitrogen and oxygen atoms in total. The van der Waals surface area contributed by atoms with E-state index in [1.807, 2.05) is 6.92 Å². The Morgan fingerprint density at radius 2 is 2.40 bits per heavy atom. The van der Waals surface area contributed by atoms with Gasteiger partial charge in [0.2, 0.25) is 5.91 Å². The largest absolute Gasteiger partial charge is 0.395 e. The van der Waals surface area contributed by atoms with Crippen molar-refractivity contribution < 1.29 is 9.90 Å². The lowest BCUT2D eigenvalue weighted by molar-refractivity contribution is -0.135. The predicted octanol–water partition coefficient (Wildman–Crippen LogP) is 0.114. The highest BCUT2D eigenvalue weighted by atomic mass is 32.2. The monoisotopic (exact) mass is 297 g/mol. The van der Waals surface area contributed by atoms with Crippen LogP contribution in [0.15, 0.2) is 16.1 Å². The number of thioether (sulfide) groups is 1. The average Bonchev–Trinajstić information content (AvgIpc) is 2.47. The molecule has 0 aromatic carbocycles. The molecule has 1 unspecified atom stereocenters. The number of aryl methyl sites for hydroxylation is 1. The predicted molar refractivity (Wildman–Crippen MR) is 76.8 cm³/mol. The normalized spacial score (nSPS) is 17.6. The van der Waals surface area contributed by atoms with E-state index >= 15 is 0 Å². The first-order valence-corrected chi connectivity index (χ1v) is 7.66. The quantitative estimate of drug-likeness (QED) is 0.799. The summed E-state index contributed by atoms with van der Waals surface area (Å²) in [6, 6.07) is 0. The van der Waals surface area contributed by atoms with Crippen LogP contribution in [0.2, 0.25) is 0 Å². The van der Waals surface area contributed by atoms with Crippen LogP contribution in [-0.2, 0) is 11.3 Å². The maximum atomic E-state index is 12.4. The van der Waals surface area contributed by atoms with Crippen molar-refractivity contribution in [3.05, 3.63) is 22.1 Å². The second-order valence-electron chi connectivity index (χ2n) is 4.79. The van der Waals surface area contributed by atoms with E-state index in [2.05, 4.69) is 4.98 Å². The number of carbonyl (C=O) groups is 1. The smallest absolute Gasteiger partial charge is 0.257 e. The molecular formula is C13H19N3O3S. The van der Waals surface area contributed by atoms with Crippen LogP contribution in [0, 0.1) is 12.8 Å². The molecule has 1 aliphatic rings. The van der Waals surface area contributed by atoms with Crippen LogP contribution in [0.1, 0.15) is 12.5 Å². The summed E-state index contributed by atoms with van der Waals surface area (Å²) in [5, 5.41) is 9.66. The third-order valence-electron chi connectivity index (χ3n) is 3.41. The number of hydrogen-bond acceptors (Lipinski definition) is 5. The van der Waals surface area contributed by atoms with E-state index in [1.165, 1.54) is 11.8 Å². The molecule has 0 aliphatic carbocycles. The van der Waals surface area contributed by atoms with Gasteiger partial charge in [0.25, 0.3) is 5.56 Å². The molecule has 1 aromatic heterocycles. The molecule has 1 atom stereocenters. The first-order valence-electron chi connectivity index (χ1n) is 6.67. The summed E-state index contributed by atoms with van der Waals surface area (Å²) in [6.07, 6.45) is 1.58. The summed E-state index contributed by atoms with van der Waals surface area (Å²) in [5.41, 5.74) is 0.510. The first-order chi connectivity index (χ1) is 9.58. The molecule has 2 rings (SSSR count). The number of likely N-dealkylation sites (N-methyl/N-ethyl adjacent to an activating group) is 1. The lowest BCUT2D eigenvalue weighted by Gasteiger charge is -2.29. The number of aliphatic hydroxyl groups excluding tert-OH is 1. The van der Waals surface area contributed by atoms with Gasteiger partial charge < -0.3 is 10.0 Å². The fraction of sp³-hybridized carbons (Fsp3) is 0.615. The Morgan fingerprint density at radius 1 is 1.65 bits per heavy atom. The number of aromatic nitrogens is 2. The van der Waals surface area contributed by atoms with Crippen LogP contribution < -0.4 is 5.56 Å². The van der Waals surface area contributed by atoms with Gasteiger partial charge in [-0.15, -0.1) is 0 Å². The molecule has 110 valence electrons. The van der Waals surface area contributed by atoms with Crippen molar-refractivity contribution in [1.29, 1.82) is 0 Å². The van der Waals surface area contributed by atoms with Crippen LogP contribution in [0.4, 0.5) is 0 Å². The zero-order valence-corrected chi connectivity index (χ0v) is 12.5. The Hall–Kier alpha value is -1.34. The van der Waals surface area contributed by atoms with Gasteiger partial charge >= 0.3 is 0 Å². The summed E-state index contributed by atoms with van der Waals surface area (Å²) >= 11 is 1.44. The molecule has 1 N–H and O–H groups in total. The van der Waals surface area contributed by atoms with Crippen molar-refractivity contribution in [2.24, 2.45) is 5.92 Å². The average molecular weight is 297 g/mol. The van der Waals surface area contributed by atoms with Gasteiger partial charge in [0.05, 0.1) is 12.5 Å². The molecule has 1 amide bonds. The highest BCUT2D eigenvalue weighted by molar-refractivity contribution is 7.99.